The molecule has 1 aliphatic heterocycles. The van der Waals surface area contributed by atoms with Gasteiger partial charge in [0.05, 0.1) is 0 Å². The van der Waals surface area contributed by atoms with Crippen LogP contribution in [0.1, 0.15) is 44.2 Å². The van der Waals surface area contributed by atoms with E-state index in [0.717, 1.165) is 17.4 Å². The summed E-state index contributed by atoms with van der Waals surface area (Å²) in [7, 11) is 0. The molecule has 0 radical (unpaired) electrons. The van der Waals surface area contributed by atoms with Crippen molar-refractivity contribution in [1.82, 2.24) is 0 Å². The Morgan fingerprint density at radius 2 is 1.95 bits per heavy atom. The van der Waals surface area contributed by atoms with Gasteiger partial charge in [0.25, 0.3) is 0 Å². The molecule has 2 aliphatic rings. The van der Waals surface area contributed by atoms with Gasteiger partial charge in [0.2, 0.25) is 0 Å². The van der Waals surface area contributed by atoms with Gasteiger partial charge in [0, 0.05) is 6.04 Å². The van der Waals surface area contributed by atoms with E-state index in [-0.39, 0.29) is 6.04 Å². The van der Waals surface area contributed by atoms with Crippen LogP contribution in [-0.2, 0) is 0 Å². The van der Waals surface area contributed by atoms with E-state index < -0.39 is 0 Å². The minimum absolute atomic E-state index is 0.124. The zero-order valence-electron chi connectivity index (χ0n) is 11.6. The van der Waals surface area contributed by atoms with Crippen LogP contribution in [0.25, 0.3) is 0 Å². The Morgan fingerprint density at radius 3 is 2.74 bits per heavy atom. The molecular formula is C16H23NO2. The predicted octanol–water partition coefficient (Wildman–Crippen LogP) is 3.28. The molecule has 3 heteroatoms. The average molecular weight is 261 g/mol. The van der Waals surface area contributed by atoms with Crippen molar-refractivity contribution in [2.75, 3.05) is 13.2 Å². The normalized spacial score (nSPS) is 27.9. The average Bonchev–Trinajstić information content (AvgIpc) is 2.46. The van der Waals surface area contributed by atoms with Crippen LogP contribution in [-0.4, -0.2) is 13.2 Å². The zero-order chi connectivity index (χ0) is 13.2. The molecule has 0 saturated heterocycles. The van der Waals surface area contributed by atoms with Crippen molar-refractivity contribution in [3.63, 3.8) is 0 Å². The van der Waals surface area contributed by atoms with Gasteiger partial charge in [-0.25, -0.2) is 0 Å². The standard InChI is InChI=1S/C16H23NO2/c1-11-3-2-4-12(9-11)16(17)13-5-6-14-15(10-13)19-8-7-18-14/h5-6,10-12,16H,2-4,7-9,17H2,1H3. The number of ether oxygens (including phenoxy) is 2. The number of benzene rings is 1. The molecule has 0 spiro atoms. The van der Waals surface area contributed by atoms with Crippen LogP contribution in [0.15, 0.2) is 18.2 Å². The molecule has 3 atom stereocenters. The minimum atomic E-state index is 0.124. The van der Waals surface area contributed by atoms with Crippen LogP contribution in [0.5, 0.6) is 11.5 Å². The molecule has 1 aliphatic carbocycles. The summed E-state index contributed by atoms with van der Waals surface area (Å²) < 4.78 is 11.2. The molecule has 19 heavy (non-hydrogen) atoms. The van der Waals surface area contributed by atoms with E-state index >= 15 is 0 Å². The van der Waals surface area contributed by atoms with E-state index in [1.165, 1.54) is 31.2 Å². The Labute approximate surface area is 115 Å². The topological polar surface area (TPSA) is 44.5 Å². The zero-order valence-corrected chi connectivity index (χ0v) is 11.6. The summed E-state index contributed by atoms with van der Waals surface area (Å²) in [5, 5.41) is 0. The van der Waals surface area contributed by atoms with Crippen LogP contribution < -0.4 is 15.2 Å². The Balaban J connectivity index is 1.77. The fourth-order valence-electron chi connectivity index (χ4n) is 3.35. The summed E-state index contributed by atoms with van der Waals surface area (Å²) in [5.41, 5.74) is 7.65. The van der Waals surface area contributed by atoms with E-state index in [1.54, 1.807) is 0 Å². The number of nitrogens with two attached hydrogens (primary N) is 1. The van der Waals surface area contributed by atoms with E-state index in [9.17, 15) is 0 Å². The van der Waals surface area contributed by atoms with Gasteiger partial charge >= 0.3 is 0 Å². The number of hydrogen-bond donors (Lipinski definition) is 1. The summed E-state index contributed by atoms with van der Waals surface area (Å²) >= 11 is 0. The lowest BCUT2D eigenvalue weighted by Crippen LogP contribution is -2.26. The van der Waals surface area contributed by atoms with Gasteiger partial charge in [-0.2, -0.15) is 0 Å². The molecule has 0 aromatic heterocycles. The Hall–Kier alpha value is -1.22. The largest absolute Gasteiger partial charge is 0.486 e. The maximum absolute atomic E-state index is 6.47. The van der Waals surface area contributed by atoms with E-state index in [0.29, 0.717) is 19.1 Å². The van der Waals surface area contributed by atoms with Crippen LogP contribution in [0, 0.1) is 11.8 Å². The first kappa shape index (κ1) is 12.8. The lowest BCUT2D eigenvalue weighted by Gasteiger charge is -2.32. The van der Waals surface area contributed by atoms with E-state index in [4.69, 9.17) is 15.2 Å². The summed E-state index contributed by atoms with van der Waals surface area (Å²) in [6.07, 6.45) is 5.16. The SMILES string of the molecule is CC1CCCC(C(N)c2ccc3c(c2)OCCO3)C1. The number of rotatable bonds is 2. The molecule has 1 fully saturated rings. The van der Waals surface area contributed by atoms with Gasteiger partial charge in [0.15, 0.2) is 11.5 Å². The van der Waals surface area contributed by atoms with Gasteiger partial charge in [-0.15, -0.1) is 0 Å². The molecule has 0 bridgehead atoms. The predicted molar refractivity (Wildman–Crippen MR) is 75.5 cm³/mol. The Kier molecular flexibility index (Phi) is 3.65. The van der Waals surface area contributed by atoms with Crippen LogP contribution in [0.2, 0.25) is 0 Å². The molecule has 1 heterocycles. The van der Waals surface area contributed by atoms with E-state index in [1.807, 2.05) is 6.07 Å². The van der Waals surface area contributed by atoms with Crippen molar-refractivity contribution in [3.05, 3.63) is 23.8 Å². The van der Waals surface area contributed by atoms with Crippen molar-refractivity contribution >= 4 is 0 Å². The maximum Gasteiger partial charge on any atom is 0.161 e. The van der Waals surface area contributed by atoms with E-state index in [2.05, 4.69) is 19.1 Å². The lowest BCUT2D eigenvalue weighted by molar-refractivity contribution is 0.171. The molecule has 1 aromatic rings. The third-order valence-electron chi connectivity index (χ3n) is 4.44. The smallest absolute Gasteiger partial charge is 0.161 e. The van der Waals surface area contributed by atoms with Gasteiger partial charge in [-0.1, -0.05) is 25.8 Å². The Bertz CT molecular complexity index is 446. The Morgan fingerprint density at radius 1 is 1.16 bits per heavy atom. The monoisotopic (exact) mass is 261 g/mol. The highest BCUT2D eigenvalue weighted by atomic mass is 16.6. The van der Waals surface area contributed by atoms with Crippen molar-refractivity contribution in [2.24, 2.45) is 17.6 Å². The fraction of sp³-hybridized carbons (Fsp3) is 0.625. The second-order valence-electron chi connectivity index (χ2n) is 5.96. The highest BCUT2D eigenvalue weighted by molar-refractivity contribution is 5.44. The molecule has 2 N–H and O–H groups in total. The highest BCUT2D eigenvalue weighted by Gasteiger charge is 2.26. The molecule has 3 unspecified atom stereocenters. The third kappa shape index (κ3) is 2.71. The first-order chi connectivity index (χ1) is 9.24. The number of fused-ring (bicyclic) bond motifs is 1. The van der Waals surface area contributed by atoms with Crippen molar-refractivity contribution in [2.45, 2.75) is 38.6 Å². The second-order valence-corrected chi connectivity index (χ2v) is 5.96. The van der Waals surface area contributed by atoms with Crippen molar-refractivity contribution in [3.8, 4) is 11.5 Å². The third-order valence-corrected chi connectivity index (χ3v) is 4.44. The fourth-order valence-corrected chi connectivity index (χ4v) is 3.35. The van der Waals surface area contributed by atoms with Crippen molar-refractivity contribution < 1.29 is 9.47 Å². The molecule has 104 valence electrons. The molecule has 1 saturated carbocycles. The molecule has 0 amide bonds. The first-order valence-corrected chi connectivity index (χ1v) is 7.39. The van der Waals surface area contributed by atoms with Crippen molar-refractivity contribution in [1.29, 1.82) is 0 Å². The second kappa shape index (κ2) is 5.41. The molecule has 3 nitrogen and oxygen atoms in total. The first-order valence-electron chi connectivity index (χ1n) is 7.39. The van der Waals surface area contributed by atoms with Gasteiger partial charge in [-0.05, 0) is 42.4 Å². The highest BCUT2D eigenvalue weighted by Crippen LogP contribution is 2.38. The van der Waals surface area contributed by atoms with Gasteiger partial charge < -0.3 is 15.2 Å². The van der Waals surface area contributed by atoms with Crippen LogP contribution in [0.4, 0.5) is 0 Å². The molecule has 3 rings (SSSR count). The summed E-state index contributed by atoms with van der Waals surface area (Å²) in [6.45, 7) is 3.60. The summed E-state index contributed by atoms with van der Waals surface area (Å²) in [4.78, 5) is 0. The molecule has 1 aromatic carbocycles. The lowest BCUT2D eigenvalue weighted by atomic mass is 9.77. The van der Waals surface area contributed by atoms with Crippen LogP contribution in [0.3, 0.4) is 0 Å². The quantitative estimate of drug-likeness (QED) is 0.888. The summed E-state index contributed by atoms with van der Waals surface area (Å²) in [5.74, 6) is 3.11. The van der Waals surface area contributed by atoms with Gasteiger partial charge in [0.1, 0.15) is 13.2 Å². The number of hydrogen-bond acceptors (Lipinski definition) is 3. The minimum Gasteiger partial charge on any atom is -0.486 e. The molecular weight excluding hydrogens is 238 g/mol. The van der Waals surface area contributed by atoms with Crippen LogP contribution >= 0.6 is 0 Å². The summed E-state index contributed by atoms with van der Waals surface area (Å²) in [6, 6.07) is 6.28. The van der Waals surface area contributed by atoms with Gasteiger partial charge in [-0.3, -0.25) is 0 Å². The maximum atomic E-state index is 6.47.